The Balaban J connectivity index is 1.88. The summed E-state index contributed by atoms with van der Waals surface area (Å²) in [4.78, 5) is 25.5. The highest BCUT2D eigenvalue weighted by molar-refractivity contribution is 5.88. The fraction of sp³-hybridized carbons (Fsp3) is 0.529. The quantitative estimate of drug-likeness (QED) is 0.877. The van der Waals surface area contributed by atoms with Crippen molar-refractivity contribution in [1.82, 2.24) is 4.90 Å². The van der Waals surface area contributed by atoms with Crippen LogP contribution in [0.5, 0.6) is 5.75 Å². The second kappa shape index (κ2) is 6.81. The van der Waals surface area contributed by atoms with E-state index in [1.807, 2.05) is 37.3 Å². The Labute approximate surface area is 130 Å². The Morgan fingerprint density at radius 1 is 1.36 bits per heavy atom. The van der Waals surface area contributed by atoms with Crippen LogP contribution in [0.15, 0.2) is 30.3 Å². The van der Waals surface area contributed by atoms with E-state index >= 15 is 0 Å². The summed E-state index contributed by atoms with van der Waals surface area (Å²) in [6.45, 7) is 4.42. The molecule has 1 fully saturated rings. The second-order valence-corrected chi connectivity index (χ2v) is 6.02. The standard InChI is InChI=1S/C17H23NO4/c1-13(9-12-22-14-7-4-3-5-8-14)15(19)18-11-6-10-17(18,2)16(20)21/h3-5,7-8,13H,6,9-12H2,1-2H3,(H,20,21). The van der Waals surface area contributed by atoms with Crippen LogP contribution in [0, 0.1) is 5.92 Å². The highest BCUT2D eigenvalue weighted by Gasteiger charge is 2.46. The van der Waals surface area contributed by atoms with Gasteiger partial charge in [0.1, 0.15) is 11.3 Å². The lowest BCUT2D eigenvalue weighted by molar-refractivity contribution is -0.156. The molecule has 0 aromatic heterocycles. The summed E-state index contributed by atoms with van der Waals surface area (Å²) >= 11 is 0. The molecule has 0 bridgehead atoms. The number of nitrogens with zero attached hydrogens (tertiary/aromatic N) is 1. The first-order chi connectivity index (χ1) is 10.4. The van der Waals surface area contributed by atoms with Crippen molar-refractivity contribution in [3.63, 3.8) is 0 Å². The lowest BCUT2D eigenvalue weighted by atomic mass is 9.97. The number of carboxylic acids is 1. The highest BCUT2D eigenvalue weighted by Crippen LogP contribution is 2.31. The molecule has 0 spiro atoms. The van der Waals surface area contributed by atoms with E-state index in [0.717, 1.165) is 12.2 Å². The number of carboxylic acid groups (broad SMARTS) is 1. The molecular weight excluding hydrogens is 282 g/mol. The van der Waals surface area contributed by atoms with E-state index in [2.05, 4.69) is 0 Å². The molecule has 0 saturated carbocycles. The molecule has 1 heterocycles. The number of likely N-dealkylation sites (tertiary alicyclic amines) is 1. The molecule has 2 unspecified atom stereocenters. The van der Waals surface area contributed by atoms with Gasteiger partial charge in [-0.3, -0.25) is 4.79 Å². The van der Waals surface area contributed by atoms with Crippen LogP contribution < -0.4 is 4.74 Å². The zero-order valence-electron chi connectivity index (χ0n) is 13.1. The monoisotopic (exact) mass is 305 g/mol. The average Bonchev–Trinajstić information content (AvgIpc) is 2.91. The maximum Gasteiger partial charge on any atom is 0.329 e. The van der Waals surface area contributed by atoms with Crippen molar-refractivity contribution in [3.05, 3.63) is 30.3 Å². The fourth-order valence-electron chi connectivity index (χ4n) is 2.80. The molecule has 1 aromatic rings. The van der Waals surface area contributed by atoms with Gasteiger partial charge < -0.3 is 14.7 Å². The third-order valence-corrected chi connectivity index (χ3v) is 4.35. The first-order valence-electron chi connectivity index (χ1n) is 7.68. The van der Waals surface area contributed by atoms with E-state index in [0.29, 0.717) is 26.0 Å². The maximum atomic E-state index is 12.5. The van der Waals surface area contributed by atoms with Crippen molar-refractivity contribution in [2.75, 3.05) is 13.2 Å². The molecule has 1 aliphatic heterocycles. The van der Waals surface area contributed by atoms with Gasteiger partial charge in [-0.2, -0.15) is 0 Å². The topological polar surface area (TPSA) is 66.8 Å². The summed E-state index contributed by atoms with van der Waals surface area (Å²) < 4.78 is 5.60. The fourth-order valence-corrected chi connectivity index (χ4v) is 2.80. The van der Waals surface area contributed by atoms with Crippen LogP contribution in [-0.4, -0.2) is 40.6 Å². The first kappa shape index (κ1) is 16.3. The lowest BCUT2D eigenvalue weighted by Crippen LogP contribution is -2.52. The Morgan fingerprint density at radius 2 is 2.05 bits per heavy atom. The predicted octanol–water partition coefficient (Wildman–Crippen LogP) is 2.56. The molecule has 0 aliphatic carbocycles. The van der Waals surface area contributed by atoms with Gasteiger partial charge in [0.15, 0.2) is 0 Å². The van der Waals surface area contributed by atoms with Gasteiger partial charge in [-0.15, -0.1) is 0 Å². The Kier molecular flexibility index (Phi) is 5.06. The molecule has 1 aromatic carbocycles. The minimum atomic E-state index is -1.06. The number of hydrogen-bond donors (Lipinski definition) is 1. The largest absolute Gasteiger partial charge is 0.494 e. The van der Waals surface area contributed by atoms with Gasteiger partial charge in [-0.1, -0.05) is 25.1 Å². The Hall–Kier alpha value is -2.04. The molecule has 0 radical (unpaired) electrons. The van der Waals surface area contributed by atoms with Gasteiger partial charge in [0.25, 0.3) is 0 Å². The minimum absolute atomic E-state index is 0.0981. The molecule has 1 aliphatic rings. The third kappa shape index (κ3) is 3.40. The van der Waals surface area contributed by atoms with Gasteiger partial charge >= 0.3 is 5.97 Å². The van der Waals surface area contributed by atoms with Gasteiger partial charge in [-0.05, 0) is 38.3 Å². The molecule has 1 amide bonds. The zero-order chi connectivity index (χ0) is 16.2. The molecular formula is C17H23NO4. The maximum absolute atomic E-state index is 12.5. The average molecular weight is 305 g/mol. The van der Waals surface area contributed by atoms with Crippen LogP contribution in [0.3, 0.4) is 0 Å². The van der Waals surface area contributed by atoms with E-state index in [4.69, 9.17) is 4.74 Å². The number of benzene rings is 1. The van der Waals surface area contributed by atoms with Crippen molar-refractivity contribution in [2.45, 2.75) is 38.6 Å². The van der Waals surface area contributed by atoms with Crippen LogP contribution in [0.4, 0.5) is 0 Å². The van der Waals surface area contributed by atoms with E-state index in [1.165, 1.54) is 4.90 Å². The molecule has 1 N–H and O–H groups in total. The summed E-state index contributed by atoms with van der Waals surface area (Å²) in [5.41, 5.74) is -1.06. The Bertz CT molecular complexity index is 531. The molecule has 5 nitrogen and oxygen atoms in total. The summed E-state index contributed by atoms with van der Waals surface area (Å²) in [5, 5.41) is 9.38. The molecule has 5 heteroatoms. The Morgan fingerprint density at radius 3 is 2.68 bits per heavy atom. The number of rotatable bonds is 6. The van der Waals surface area contributed by atoms with Gasteiger partial charge in [0.2, 0.25) is 5.91 Å². The van der Waals surface area contributed by atoms with Crippen molar-refractivity contribution in [2.24, 2.45) is 5.92 Å². The third-order valence-electron chi connectivity index (χ3n) is 4.35. The van der Waals surface area contributed by atoms with Crippen LogP contribution in [-0.2, 0) is 9.59 Å². The number of ether oxygens (including phenoxy) is 1. The molecule has 1 saturated heterocycles. The summed E-state index contributed by atoms with van der Waals surface area (Å²) in [6.07, 6.45) is 1.82. The SMILES string of the molecule is CC(CCOc1ccccc1)C(=O)N1CCCC1(C)C(=O)O. The van der Waals surface area contributed by atoms with Gasteiger partial charge in [0, 0.05) is 12.5 Å². The number of aliphatic carboxylic acids is 1. The van der Waals surface area contributed by atoms with Crippen molar-refractivity contribution < 1.29 is 19.4 Å². The highest BCUT2D eigenvalue weighted by atomic mass is 16.5. The van der Waals surface area contributed by atoms with Crippen molar-refractivity contribution in [1.29, 1.82) is 0 Å². The van der Waals surface area contributed by atoms with Crippen molar-refractivity contribution in [3.8, 4) is 5.75 Å². The normalized spacial score (nSPS) is 22.4. The van der Waals surface area contributed by atoms with E-state index in [9.17, 15) is 14.7 Å². The number of hydrogen-bond acceptors (Lipinski definition) is 3. The number of carbonyl (C=O) groups is 2. The molecule has 2 rings (SSSR count). The first-order valence-corrected chi connectivity index (χ1v) is 7.68. The molecule has 22 heavy (non-hydrogen) atoms. The van der Waals surface area contributed by atoms with E-state index < -0.39 is 11.5 Å². The number of carbonyl (C=O) groups excluding carboxylic acids is 1. The van der Waals surface area contributed by atoms with Crippen molar-refractivity contribution >= 4 is 11.9 Å². The predicted molar refractivity (Wildman–Crippen MR) is 82.7 cm³/mol. The van der Waals surface area contributed by atoms with Crippen LogP contribution >= 0.6 is 0 Å². The molecule has 120 valence electrons. The second-order valence-electron chi connectivity index (χ2n) is 6.02. The van der Waals surface area contributed by atoms with E-state index in [-0.39, 0.29) is 11.8 Å². The number of para-hydroxylation sites is 1. The smallest absolute Gasteiger partial charge is 0.329 e. The lowest BCUT2D eigenvalue weighted by Gasteiger charge is -2.33. The summed E-state index contributed by atoms with van der Waals surface area (Å²) in [6, 6.07) is 9.45. The van der Waals surface area contributed by atoms with Crippen LogP contribution in [0.1, 0.15) is 33.1 Å². The minimum Gasteiger partial charge on any atom is -0.494 e. The van der Waals surface area contributed by atoms with Crippen LogP contribution in [0.25, 0.3) is 0 Å². The zero-order valence-corrected chi connectivity index (χ0v) is 13.1. The molecule has 2 atom stereocenters. The summed E-state index contributed by atoms with van der Waals surface area (Å²) in [5.74, 6) is -0.496. The van der Waals surface area contributed by atoms with Gasteiger partial charge in [-0.25, -0.2) is 4.79 Å². The summed E-state index contributed by atoms with van der Waals surface area (Å²) in [7, 11) is 0. The number of amides is 1. The van der Waals surface area contributed by atoms with Gasteiger partial charge in [0.05, 0.1) is 6.61 Å². The van der Waals surface area contributed by atoms with E-state index in [1.54, 1.807) is 6.92 Å². The van der Waals surface area contributed by atoms with Crippen LogP contribution in [0.2, 0.25) is 0 Å².